The van der Waals surface area contributed by atoms with Gasteiger partial charge in [0.05, 0.1) is 3.79 Å². The minimum absolute atomic E-state index is 0.593. The van der Waals surface area contributed by atoms with Gasteiger partial charge in [-0.25, -0.2) is 0 Å². The van der Waals surface area contributed by atoms with Crippen LogP contribution in [-0.2, 0) is 6.42 Å². The first kappa shape index (κ1) is 13.9. The molecule has 0 aromatic carbocycles. The monoisotopic (exact) mass is 333 g/mol. The Balaban J connectivity index is 1.90. The molecule has 0 aliphatic heterocycles. The fourth-order valence-corrected chi connectivity index (χ4v) is 4.49. The van der Waals surface area contributed by atoms with Crippen LogP contribution in [0.2, 0.25) is 0 Å². The molecule has 1 N–H and O–H groups in total. The van der Waals surface area contributed by atoms with Crippen LogP contribution >= 0.6 is 39.0 Å². The topological polar surface area (TPSA) is 12.0 Å². The van der Waals surface area contributed by atoms with Crippen LogP contribution in [0, 0.1) is 0 Å². The molecule has 0 fully saturated rings. The van der Waals surface area contributed by atoms with Crippen LogP contribution in [-0.4, -0.2) is 18.1 Å². The Labute approximate surface area is 121 Å². The van der Waals surface area contributed by atoms with Crippen molar-refractivity contribution in [2.24, 2.45) is 0 Å². The van der Waals surface area contributed by atoms with Crippen molar-refractivity contribution in [3.8, 4) is 0 Å². The predicted molar refractivity (Wildman–Crippen MR) is 83.3 cm³/mol. The zero-order chi connectivity index (χ0) is 12.3. The van der Waals surface area contributed by atoms with Gasteiger partial charge in [0.25, 0.3) is 0 Å². The summed E-state index contributed by atoms with van der Waals surface area (Å²) in [5, 5.41) is 4.49. The third kappa shape index (κ3) is 3.72. The summed E-state index contributed by atoms with van der Waals surface area (Å²) in [6, 6.07) is 2.91. The molecular weight excluding hydrogens is 314 g/mol. The lowest BCUT2D eigenvalue weighted by Gasteiger charge is -2.24. The zero-order valence-electron chi connectivity index (χ0n) is 10.5. The highest BCUT2D eigenvalue weighted by atomic mass is 79.9. The molecule has 4 heteroatoms. The number of nitrogens with one attached hydrogen (secondary N) is 1. The molecule has 1 aromatic rings. The fourth-order valence-electron chi connectivity index (χ4n) is 2.31. The summed E-state index contributed by atoms with van der Waals surface area (Å²) in [5.41, 5.74) is 1.55. The highest BCUT2D eigenvalue weighted by Crippen LogP contribution is 2.37. The number of fused-ring (bicyclic) bond motifs is 1. The van der Waals surface area contributed by atoms with E-state index in [0.29, 0.717) is 6.04 Å². The van der Waals surface area contributed by atoms with E-state index in [1.165, 1.54) is 29.5 Å². The molecule has 0 saturated heterocycles. The predicted octanol–water partition coefficient (Wildman–Crippen LogP) is 4.62. The molecule has 1 aliphatic rings. The van der Waals surface area contributed by atoms with E-state index < -0.39 is 0 Å². The van der Waals surface area contributed by atoms with Gasteiger partial charge in [-0.15, -0.1) is 11.3 Å². The summed E-state index contributed by atoms with van der Waals surface area (Å²) in [4.78, 5) is 1.58. The lowest BCUT2D eigenvalue weighted by atomic mass is 9.94. The molecule has 1 aliphatic carbocycles. The van der Waals surface area contributed by atoms with Gasteiger partial charge in [-0.3, -0.25) is 0 Å². The Kier molecular flexibility index (Phi) is 5.40. The molecule has 1 aromatic heterocycles. The Bertz CT molecular complexity index is 364. The van der Waals surface area contributed by atoms with E-state index in [2.05, 4.69) is 40.5 Å². The van der Waals surface area contributed by atoms with Crippen LogP contribution in [0.15, 0.2) is 9.85 Å². The molecule has 1 nitrogen and oxygen atoms in total. The molecule has 17 heavy (non-hydrogen) atoms. The first-order valence-corrected chi connectivity index (χ1v) is 9.14. The lowest BCUT2D eigenvalue weighted by molar-refractivity contribution is 0.459. The van der Waals surface area contributed by atoms with Crippen molar-refractivity contribution in [1.82, 2.24) is 5.32 Å². The van der Waals surface area contributed by atoms with Gasteiger partial charge in [0, 0.05) is 16.2 Å². The first-order valence-electron chi connectivity index (χ1n) is 6.25. The van der Waals surface area contributed by atoms with Gasteiger partial charge in [-0.1, -0.05) is 6.92 Å². The number of thiophene rings is 1. The minimum atomic E-state index is 0.593. The molecular formula is C13H20BrNS2. The molecule has 2 atom stereocenters. The summed E-state index contributed by atoms with van der Waals surface area (Å²) < 4.78 is 1.29. The van der Waals surface area contributed by atoms with Crippen molar-refractivity contribution in [1.29, 1.82) is 0 Å². The SMILES string of the molecule is CSC(C)CCNC1CCCc2sc(Br)cc21. The Morgan fingerprint density at radius 2 is 2.47 bits per heavy atom. The molecule has 0 radical (unpaired) electrons. The van der Waals surface area contributed by atoms with E-state index in [0.717, 1.165) is 11.8 Å². The van der Waals surface area contributed by atoms with E-state index in [1.807, 2.05) is 23.1 Å². The molecule has 0 spiro atoms. The summed E-state index contributed by atoms with van der Waals surface area (Å²) in [5.74, 6) is 0. The third-order valence-electron chi connectivity index (χ3n) is 3.43. The van der Waals surface area contributed by atoms with Crippen LogP contribution in [0.25, 0.3) is 0 Å². The van der Waals surface area contributed by atoms with Crippen molar-refractivity contribution >= 4 is 39.0 Å². The molecule has 1 heterocycles. The minimum Gasteiger partial charge on any atom is -0.310 e. The number of aryl methyl sites for hydroxylation is 1. The zero-order valence-corrected chi connectivity index (χ0v) is 13.7. The number of rotatable bonds is 5. The van der Waals surface area contributed by atoms with Crippen molar-refractivity contribution in [3.05, 3.63) is 20.3 Å². The van der Waals surface area contributed by atoms with Crippen LogP contribution in [0.3, 0.4) is 0 Å². The quantitative estimate of drug-likeness (QED) is 0.843. The standard InChI is InChI=1S/C13H20BrNS2/c1-9(16-2)6-7-15-11-4-3-5-12-10(11)8-13(14)17-12/h8-9,11,15H,3-7H2,1-2H3. The van der Waals surface area contributed by atoms with E-state index in [4.69, 9.17) is 0 Å². The maximum atomic E-state index is 3.73. The van der Waals surface area contributed by atoms with E-state index in [1.54, 1.807) is 10.4 Å². The Morgan fingerprint density at radius 1 is 1.65 bits per heavy atom. The second-order valence-corrected chi connectivity index (χ2v) is 8.46. The van der Waals surface area contributed by atoms with Gasteiger partial charge in [0.2, 0.25) is 0 Å². The van der Waals surface area contributed by atoms with Crippen molar-refractivity contribution < 1.29 is 0 Å². The van der Waals surface area contributed by atoms with Crippen molar-refractivity contribution in [2.45, 2.75) is 43.9 Å². The molecule has 0 saturated carbocycles. The largest absolute Gasteiger partial charge is 0.310 e. The summed E-state index contributed by atoms with van der Waals surface area (Å²) in [6.45, 7) is 3.44. The highest BCUT2D eigenvalue weighted by molar-refractivity contribution is 9.11. The molecule has 0 amide bonds. The van der Waals surface area contributed by atoms with Gasteiger partial charge >= 0.3 is 0 Å². The first-order chi connectivity index (χ1) is 8.20. The number of hydrogen-bond acceptors (Lipinski definition) is 3. The highest BCUT2D eigenvalue weighted by Gasteiger charge is 2.21. The smallest absolute Gasteiger partial charge is 0.0704 e. The van der Waals surface area contributed by atoms with Gasteiger partial charge < -0.3 is 5.32 Å². The van der Waals surface area contributed by atoms with Gasteiger partial charge in [0.1, 0.15) is 0 Å². The lowest BCUT2D eigenvalue weighted by Crippen LogP contribution is -2.26. The van der Waals surface area contributed by atoms with Crippen molar-refractivity contribution in [2.75, 3.05) is 12.8 Å². The fraction of sp³-hybridized carbons (Fsp3) is 0.692. The molecule has 0 bridgehead atoms. The second kappa shape index (κ2) is 6.60. The van der Waals surface area contributed by atoms with Gasteiger partial charge in [-0.2, -0.15) is 11.8 Å². The Morgan fingerprint density at radius 3 is 3.24 bits per heavy atom. The summed E-state index contributed by atoms with van der Waals surface area (Å²) in [7, 11) is 0. The Hall–Kier alpha value is 0.490. The number of hydrogen-bond donors (Lipinski definition) is 1. The van der Waals surface area contributed by atoms with E-state index >= 15 is 0 Å². The van der Waals surface area contributed by atoms with Crippen LogP contribution in [0.4, 0.5) is 0 Å². The molecule has 96 valence electrons. The molecule has 2 unspecified atom stereocenters. The number of halogens is 1. The summed E-state index contributed by atoms with van der Waals surface area (Å²) in [6.07, 6.45) is 7.35. The van der Waals surface area contributed by atoms with Crippen LogP contribution in [0.1, 0.15) is 42.7 Å². The maximum Gasteiger partial charge on any atom is 0.0704 e. The average molecular weight is 334 g/mol. The van der Waals surface area contributed by atoms with Gasteiger partial charge in [-0.05, 0) is 66.0 Å². The second-order valence-electron chi connectivity index (χ2n) is 4.66. The van der Waals surface area contributed by atoms with Crippen LogP contribution in [0.5, 0.6) is 0 Å². The third-order valence-corrected chi connectivity index (χ3v) is 6.18. The van der Waals surface area contributed by atoms with E-state index in [-0.39, 0.29) is 0 Å². The summed E-state index contributed by atoms with van der Waals surface area (Å²) >= 11 is 7.48. The normalized spacial score (nSPS) is 21.2. The maximum absolute atomic E-state index is 3.73. The van der Waals surface area contributed by atoms with Crippen LogP contribution < -0.4 is 5.32 Å². The number of thioether (sulfide) groups is 1. The average Bonchev–Trinajstić information content (AvgIpc) is 2.70. The molecule has 2 rings (SSSR count). The van der Waals surface area contributed by atoms with Crippen molar-refractivity contribution in [3.63, 3.8) is 0 Å². The van der Waals surface area contributed by atoms with Gasteiger partial charge in [0.15, 0.2) is 0 Å². The van der Waals surface area contributed by atoms with E-state index in [9.17, 15) is 0 Å².